The summed E-state index contributed by atoms with van der Waals surface area (Å²) in [6, 6.07) is 10.0. The second-order valence-electron chi connectivity index (χ2n) is 9.58. The van der Waals surface area contributed by atoms with Crippen LogP contribution in [0.3, 0.4) is 0 Å². The first-order chi connectivity index (χ1) is 18.1. The highest BCUT2D eigenvalue weighted by atomic mass is 19.2. The normalized spacial score (nSPS) is 22.6. The first-order valence-electron chi connectivity index (χ1n) is 13.1. The van der Waals surface area contributed by atoms with Gasteiger partial charge in [-0.05, 0) is 49.1 Å². The van der Waals surface area contributed by atoms with Gasteiger partial charge in [-0.25, -0.2) is 18.4 Å². The first-order valence-corrected chi connectivity index (χ1v) is 13.1. The zero-order valence-electron chi connectivity index (χ0n) is 22.0. The van der Waals surface area contributed by atoms with Crippen LogP contribution in [0.25, 0.3) is 0 Å². The molecule has 1 fully saturated rings. The minimum absolute atomic E-state index is 0.0556. The van der Waals surface area contributed by atoms with Crippen LogP contribution in [0.5, 0.6) is 0 Å². The summed E-state index contributed by atoms with van der Waals surface area (Å²) < 4.78 is 42.6. The van der Waals surface area contributed by atoms with E-state index in [1.54, 1.807) is 0 Å². The van der Waals surface area contributed by atoms with E-state index in [4.69, 9.17) is 9.47 Å². The van der Waals surface area contributed by atoms with E-state index in [1.165, 1.54) is 12.1 Å². The molecule has 1 saturated heterocycles. The SMILES string of the molecule is CCCCC1(c2ccc(C#Cc3ccc(CCC)cc3)c(F)c2F)O[C@@H](C(=O)O)[C@](CCCC)(C(=O)O)O1. The molecule has 0 spiro atoms. The van der Waals surface area contributed by atoms with Gasteiger partial charge in [0.05, 0.1) is 5.56 Å². The molecule has 1 aliphatic rings. The summed E-state index contributed by atoms with van der Waals surface area (Å²) in [5.41, 5.74) is -1.03. The summed E-state index contributed by atoms with van der Waals surface area (Å²) in [6.45, 7) is 5.75. The highest BCUT2D eigenvalue weighted by Gasteiger charge is 2.65. The number of carbonyl (C=O) groups is 2. The molecule has 0 aliphatic carbocycles. The highest BCUT2D eigenvalue weighted by Crippen LogP contribution is 2.49. The summed E-state index contributed by atoms with van der Waals surface area (Å²) in [7, 11) is 0. The minimum atomic E-state index is -2.25. The molecule has 0 amide bonds. The number of halogens is 2. The Kier molecular flexibility index (Phi) is 9.64. The molecular formula is C30H34F2O6. The molecule has 2 aromatic carbocycles. The molecule has 2 aromatic rings. The van der Waals surface area contributed by atoms with Crippen LogP contribution in [0.15, 0.2) is 36.4 Å². The number of benzene rings is 2. The van der Waals surface area contributed by atoms with Gasteiger partial charge in [-0.1, -0.05) is 70.4 Å². The van der Waals surface area contributed by atoms with Crippen molar-refractivity contribution in [2.45, 2.75) is 89.6 Å². The van der Waals surface area contributed by atoms with E-state index in [0.717, 1.165) is 18.4 Å². The van der Waals surface area contributed by atoms with E-state index in [-0.39, 0.29) is 24.0 Å². The zero-order chi connectivity index (χ0) is 27.9. The van der Waals surface area contributed by atoms with Crippen LogP contribution < -0.4 is 0 Å². The molecule has 0 bridgehead atoms. The molecule has 3 rings (SSSR count). The number of carboxylic acid groups (broad SMARTS) is 2. The Labute approximate surface area is 222 Å². The van der Waals surface area contributed by atoms with Crippen molar-refractivity contribution in [2.75, 3.05) is 0 Å². The van der Waals surface area contributed by atoms with Crippen LogP contribution in [-0.4, -0.2) is 33.9 Å². The van der Waals surface area contributed by atoms with Gasteiger partial charge >= 0.3 is 11.9 Å². The Morgan fingerprint density at radius 1 is 0.895 bits per heavy atom. The van der Waals surface area contributed by atoms with Crippen molar-refractivity contribution in [3.8, 4) is 11.8 Å². The topological polar surface area (TPSA) is 93.1 Å². The molecule has 0 radical (unpaired) electrons. The predicted molar refractivity (Wildman–Crippen MR) is 137 cm³/mol. The van der Waals surface area contributed by atoms with E-state index in [9.17, 15) is 19.8 Å². The average molecular weight is 529 g/mol. The van der Waals surface area contributed by atoms with Gasteiger partial charge in [0.25, 0.3) is 0 Å². The predicted octanol–water partition coefficient (Wildman–Crippen LogP) is 6.17. The van der Waals surface area contributed by atoms with Crippen molar-refractivity contribution in [2.24, 2.45) is 0 Å². The van der Waals surface area contributed by atoms with Crippen LogP contribution in [0.2, 0.25) is 0 Å². The molecule has 6 nitrogen and oxygen atoms in total. The van der Waals surface area contributed by atoms with Crippen molar-refractivity contribution < 1.29 is 38.1 Å². The van der Waals surface area contributed by atoms with E-state index in [0.29, 0.717) is 31.2 Å². The fourth-order valence-corrected chi connectivity index (χ4v) is 4.69. The third-order valence-corrected chi connectivity index (χ3v) is 6.75. The monoisotopic (exact) mass is 528 g/mol. The molecule has 204 valence electrons. The van der Waals surface area contributed by atoms with Gasteiger partial charge in [0.15, 0.2) is 23.5 Å². The molecule has 1 aliphatic heterocycles. The van der Waals surface area contributed by atoms with E-state index < -0.39 is 41.1 Å². The van der Waals surface area contributed by atoms with Crippen LogP contribution in [0, 0.1) is 23.5 Å². The number of rotatable bonds is 11. The lowest BCUT2D eigenvalue weighted by Gasteiger charge is -2.31. The van der Waals surface area contributed by atoms with Crippen molar-refractivity contribution in [1.29, 1.82) is 0 Å². The van der Waals surface area contributed by atoms with Gasteiger partial charge in [0.2, 0.25) is 5.60 Å². The highest BCUT2D eigenvalue weighted by molar-refractivity contribution is 5.88. The number of ether oxygens (including phenoxy) is 2. The van der Waals surface area contributed by atoms with E-state index >= 15 is 8.78 Å². The largest absolute Gasteiger partial charge is 0.479 e. The minimum Gasteiger partial charge on any atom is -0.479 e. The number of aryl methyl sites for hydroxylation is 1. The van der Waals surface area contributed by atoms with Crippen LogP contribution >= 0.6 is 0 Å². The smallest absolute Gasteiger partial charge is 0.339 e. The fraction of sp³-hybridized carbons (Fsp3) is 0.467. The standard InChI is InChI=1S/C30H34F2O6/c1-4-7-18-29(28(35)36)26(27(33)34)37-30(38-29,19-8-5-2)23-17-16-22(24(31)25(23)32)15-14-21-12-10-20(9-6-3)11-13-21/h10-13,16-17,26H,4-9,18-19H2,1-3H3,(H,33,34)(H,35,36)/t26-,29+,30?/m0/s1. The Hall–Kier alpha value is -3.28. The summed E-state index contributed by atoms with van der Waals surface area (Å²) in [5, 5.41) is 19.9. The van der Waals surface area contributed by atoms with Crippen LogP contribution in [-0.2, 0) is 31.3 Å². The van der Waals surface area contributed by atoms with Crippen LogP contribution in [0.1, 0.15) is 88.0 Å². The number of hydrogen-bond donors (Lipinski definition) is 2. The van der Waals surface area contributed by atoms with E-state index in [2.05, 4.69) is 18.8 Å². The number of aliphatic carboxylic acids is 2. The molecule has 0 aromatic heterocycles. The van der Waals surface area contributed by atoms with Gasteiger partial charge in [-0.15, -0.1) is 0 Å². The van der Waals surface area contributed by atoms with Gasteiger partial charge in [-0.2, -0.15) is 0 Å². The van der Waals surface area contributed by atoms with Crippen molar-refractivity contribution in [3.05, 3.63) is 70.3 Å². The summed E-state index contributed by atoms with van der Waals surface area (Å²) in [5.74, 6) is -2.23. The van der Waals surface area contributed by atoms with Gasteiger partial charge < -0.3 is 19.7 Å². The van der Waals surface area contributed by atoms with Crippen molar-refractivity contribution in [1.82, 2.24) is 0 Å². The Bertz CT molecular complexity index is 1220. The second kappa shape index (κ2) is 12.5. The molecule has 2 N–H and O–H groups in total. The Morgan fingerprint density at radius 3 is 2.13 bits per heavy atom. The molecule has 3 atom stereocenters. The molecule has 1 heterocycles. The molecule has 0 saturated carbocycles. The summed E-state index contributed by atoms with van der Waals surface area (Å²) in [4.78, 5) is 24.5. The fourth-order valence-electron chi connectivity index (χ4n) is 4.69. The summed E-state index contributed by atoms with van der Waals surface area (Å²) >= 11 is 0. The van der Waals surface area contributed by atoms with E-state index in [1.807, 2.05) is 38.1 Å². The molecule has 38 heavy (non-hydrogen) atoms. The Morgan fingerprint density at radius 2 is 1.55 bits per heavy atom. The molecule has 8 heteroatoms. The van der Waals surface area contributed by atoms with Crippen LogP contribution in [0.4, 0.5) is 8.78 Å². The maximum Gasteiger partial charge on any atom is 0.339 e. The van der Waals surface area contributed by atoms with Gasteiger partial charge in [0.1, 0.15) is 0 Å². The quantitative estimate of drug-likeness (QED) is 0.339. The zero-order valence-corrected chi connectivity index (χ0v) is 22.0. The summed E-state index contributed by atoms with van der Waals surface area (Å²) in [6.07, 6.45) is 1.74. The van der Waals surface area contributed by atoms with Gasteiger partial charge in [0, 0.05) is 17.5 Å². The molecular weight excluding hydrogens is 494 g/mol. The lowest BCUT2D eigenvalue weighted by Crippen LogP contribution is -2.51. The third-order valence-electron chi connectivity index (χ3n) is 6.75. The first kappa shape index (κ1) is 29.3. The third kappa shape index (κ3) is 5.90. The number of hydrogen-bond acceptors (Lipinski definition) is 4. The van der Waals surface area contributed by atoms with Crippen molar-refractivity contribution >= 4 is 11.9 Å². The second-order valence-corrected chi connectivity index (χ2v) is 9.58. The number of unbranched alkanes of at least 4 members (excludes halogenated alkanes) is 2. The average Bonchev–Trinajstić information content (AvgIpc) is 3.25. The van der Waals surface area contributed by atoms with Crippen molar-refractivity contribution in [3.63, 3.8) is 0 Å². The maximum absolute atomic E-state index is 15.6. The lowest BCUT2D eigenvalue weighted by atomic mass is 9.90. The molecule has 1 unspecified atom stereocenters. The maximum atomic E-state index is 15.6. The van der Waals surface area contributed by atoms with Gasteiger partial charge in [-0.3, -0.25) is 0 Å². The lowest BCUT2D eigenvalue weighted by molar-refractivity contribution is -0.214. The Balaban J connectivity index is 2.05. The number of carboxylic acids is 2.